The van der Waals surface area contributed by atoms with Crippen LogP contribution in [0.4, 0.5) is 11.5 Å². The molecule has 2 rings (SSSR count). The molecule has 0 unspecified atom stereocenters. The second kappa shape index (κ2) is 5.05. The maximum absolute atomic E-state index is 11.8. The Labute approximate surface area is 102 Å². The number of nitrogens with one attached hydrogen (secondary N) is 1. The van der Waals surface area contributed by atoms with Crippen molar-refractivity contribution in [1.29, 1.82) is 0 Å². The maximum Gasteiger partial charge on any atom is 0.274 e. The van der Waals surface area contributed by atoms with Gasteiger partial charge in [-0.3, -0.25) is 14.9 Å². The number of nitro groups is 1. The summed E-state index contributed by atoms with van der Waals surface area (Å²) < 4.78 is 0. The van der Waals surface area contributed by atoms with Crippen LogP contribution in [0.2, 0.25) is 0 Å². The van der Waals surface area contributed by atoms with Crippen molar-refractivity contribution >= 4 is 17.4 Å². The van der Waals surface area contributed by atoms with E-state index < -0.39 is 4.92 Å². The van der Waals surface area contributed by atoms with Gasteiger partial charge in [-0.1, -0.05) is 18.2 Å². The number of rotatable bonds is 3. The lowest BCUT2D eigenvalue weighted by atomic mass is 10.2. The van der Waals surface area contributed by atoms with Crippen LogP contribution in [0, 0.1) is 10.1 Å². The van der Waals surface area contributed by atoms with E-state index in [-0.39, 0.29) is 17.4 Å². The summed E-state index contributed by atoms with van der Waals surface area (Å²) in [6.07, 6.45) is 1.28. The average Bonchev–Trinajstić information content (AvgIpc) is 2.40. The molecule has 0 aliphatic heterocycles. The van der Waals surface area contributed by atoms with Crippen LogP contribution in [0.3, 0.4) is 0 Å². The Morgan fingerprint density at radius 1 is 1.22 bits per heavy atom. The Kier molecular flexibility index (Phi) is 3.29. The number of carbonyl (C=O) groups is 1. The SMILES string of the molecule is O=C(Nc1cc([N+](=O)[O-])ccn1)c1ccccc1. The van der Waals surface area contributed by atoms with Gasteiger partial charge in [0.15, 0.2) is 0 Å². The van der Waals surface area contributed by atoms with Crippen LogP contribution in [-0.2, 0) is 0 Å². The van der Waals surface area contributed by atoms with Crippen LogP contribution in [0.1, 0.15) is 10.4 Å². The van der Waals surface area contributed by atoms with Gasteiger partial charge in [0.1, 0.15) is 5.82 Å². The molecule has 2 aromatic rings. The van der Waals surface area contributed by atoms with Gasteiger partial charge < -0.3 is 5.32 Å². The number of amides is 1. The lowest BCUT2D eigenvalue weighted by Crippen LogP contribution is -2.12. The molecule has 1 aromatic carbocycles. The van der Waals surface area contributed by atoms with Crippen LogP contribution in [0.15, 0.2) is 48.7 Å². The fourth-order valence-electron chi connectivity index (χ4n) is 1.38. The Balaban J connectivity index is 2.17. The third-order valence-electron chi connectivity index (χ3n) is 2.23. The molecule has 0 saturated carbocycles. The summed E-state index contributed by atoms with van der Waals surface area (Å²) in [6.45, 7) is 0. The van der Waals surface area contributed by atoms with E-state index in [0.717, 1.165) is 0 Å². The van der Waals surface area contributed by atoms with Crippen LogP contribution in [0.25, 0.3) is 0 Å². The lowest BCUT2D eigenvalue weighted by molar-refractivity contribution is -0.384. The lowest BCUT2D eigenvalue weighted by Gasteiger charge is -2.03. The van der Waals surface area contributed by atoms with Crippen molar-refractivity contribution in [2.75, 3.05) is 5.32 Å². The molecule has 18 heavy (non-hydrogen) atoms. The normalized spacial score (nSPS) is 9.78. The van der Waals surface area contributed by atoms with Crippen LogP contribution < -0.4 is 5.32 Å². The van der Waals surface area contributed by atoms with Gasteiger partial charge in [-0.25, -0.2) is 4.98 Å². The van der Waals surface area contributed by atoms with E-state index in [4.69, 9.17) is 0 Å². The predicted octanol–water partition coefficient (Wildman–Crippen LogP) is 2.24. The first-order chi connectivity index (χ1) is 8.66. The standard InChI is InChI=1S/C12H9N3O3/c16-12(9-4-2-1-3-5-9)14-11-8-10(15(17)18)6-7-13-11/h1-8H,(H,13,14,16). The number of aromatic nitrogens is 1. The number of anilines is 1. The van der Waals surface area contributed by atoms with Crippen molar-refractivity contribution in [3.05, 3.63) is 64.3 Å². The fourth-order valence-corrected chi connectivity index (χ4v) is 1.38. The first-order valence-electron chi connectivity index (χ1n) is 5.13. The number of carbonyl (C=O) groups excluding carboxylic acids is 1. The van der Waals surface area contributed by atoms with E-state index in [0.29, 0.717) is 5.56 Å². The first kappa shape index (κ1) is 11.7. The van der Waals surface area contributed by atoms with Crippen molar-refractivity contribution in [2.45, 2.75) is 0 Å². The van der Waals surface area contributed by atoms with Crippen molar-refractivity contribution < 1.29 is 9.72 Å². The van der Waals surface area contributed by atoms with Gasteiger partial charge in [0.25, 0.3) is 11.6 Å². The molecular formula is C12H9N3O3. The second-order valence-electron chi connectivity index (χ2n) is 3.48. The minimum Gasteiger partial charge on any atom is -0.306 e. The van der Waals surface area contributed by atoms with Crippen LogP contribution in [-0.4, -0.2) is 15.8 Å². The van der Waals surface area contributed by atoms with E-state index in [1.807, 2.05) is 0 Å². The molecule has 1 amide bonds. The zero-order valence-corrected chi connectivity index (χ0v) is 9.24. The van der Waals surface area contributed by atoms with Crippen molar-refractivity contribution in [2.24, 2.45) is 0 Å². The highest BCUT2D eigenvalue weighted by Crippen LogP contribution is 2.14. The van der Waals surface area contributed by atoms with E-state index in [9.17, 15) is 14.9 Å². The highest BCUT2D eigenvalue weighted by Gasteiger charge is 2.10. The summed E-state index contributed by atoms with van der Waals surface area (Å²) >= 11 is 0. The largest absolute Gasteiger partial charge is 0.306 e. The minimum absolute atomic E-state index is 0.117. The monoisotopic (exact) mass is 243 g/mol. The molecule has 0 aliphatic carbocycles. The molecule has 0 aliphatic rings. The molecular weight excluding hydrogens is 234 g/mol. The molecule has 0 atom stereocenters. The van der Waals surface area contributed by atoms with Gasteiger partial charge in [-0.05, 0) is 12.1 Å². The minimum atomic E-state index is -0.542. The summed E-state index contributed by atoms with van der Waals surface area (Å²) in [5.74, 6) is -0.207. The number of hydrogen-bond acceptors (Lipinski definition) is 4. The van der Waals surface area contributed by atoms with E-state index >= 15 is 0 Å². The van der Waals surface area contributed by atoms with E-state index in [1.54, 1.807) is 30.3 Å². The van der Waals surface area contributed by atoms with E-state index in [2.05, 4.69) is 10.3 Å². The molecule has 0 radical (unpaired) electrons. The van der Waals surface area contributed by atoms with Gasteiger partial charge in [-0.2, -0.15) is 0 Å². The molecule has 0 bridgehead atoms. The van der Waals surface area contributed by atoms with Crippen molar-refractivity contribution in [3.63, 3.8) is 0 Å². The van der Waals surface area contributed by atoms with Gasteiger partial charge in [0.05, 0.1) is 11.0 Å². The maximum atomic E-state index is 11.8. The second-order valence-corrected chi connectivity index (χ2v) is 3.48. The molecule has 90 valence electrons. The number of benzene rings is 1. The van der Waals surface area contributed by atoms with Crippen molar-refractivity contribution in [3.8, 4) is 0 Å². The molecule has 1 N–H and O–H groups in total. The Hall–Kier alpha value is -2.76. The van der Waals surface area contributed by atoms with Gasteiger partial charge in [0.2, 0.25) is 0 Å². The third kappa shape index (κ3) is 2.67. The molecule has 0 saturated heterocycles. The fraction of sp³-hybridized carbons (Fsp3) is 0. The van der Waals surface area contributed by atoms with Crippen LogP contribution in [0.5, 0.6) is 0 Å². The Bertz CT molecular complexity index is 584. The topological polar surface area (TPSA) is 85.1 Å². The Morgan fingerprint density at radius 2 is 1.94 bits per heavy atom. The summed E-state index contributed by atoms with van der Waals surface area (Å²) in [6, 6.07) is 11.0. The van der Waals surface area contributed by atoms with Crippen LogP contribution >= 0.6 is 0 Å². The third-order valence-corrected chi connectivity index (χ3v) is 2.23. The number of pyridine rings is 1. The summed E-state index contributed by atoms with van der Waals surface area (Å²) in [7, 11) is 0. The highest BCUT2D eigenvalue weighted by molar-refractivity contribution is 6.03. The number of nitrogens with zero attached hydrogens (tertiary/aromatic N) is 2. The predicted molar refractivity (Wildman–Crippen MR) is 65.3 cm³/mol. The summed E-state index contributed by atoms with van der Waals surface area (Å²) in [5, 5.41) is 13.1. The molecule has 0 spiro atoms. The molecule has 1 heterocycles. The van der Waals surface area contributed by atoms with Gasteiger partial charge in [0, 0.05) is 17.8 Å². The number of hydrogen-bond donors (Lipinski definition) is 1. The smallest absolute Gasteiger partial charge is 0.274 e. The Morgan fingerprint density at radius 3 is 2.61 bits per heavy atom. The summed E-state index contributed by atoms with van der Waals surface area (Å²) in [4.78, 5) is 25.7. The molecule has 6 heteroatoms. The highest BCUT2D eigenvalue weighted by atomic mass is 16.6. The molecule has 6 nitrogen and oxygen atoms in total. The summed E-state index contributed by atoms with van der Waals surface area (Å²) in [5.41, 5.74) is 0.346. The zero-order valence-electron chi connectivity index (χ0n) is 9.24. The first-order valence-corrected chi connectivity index (χ1v) is 5.13. The quantitative estimate of drug-likeness (QED) is 0.661. The van der Waals surface area contributed by atoms with E-state index in [1.165, 1.54) is 18.3 Å². The van der Waals surface area contributed by atoms with Crippen molar-refractivity contribution in [1.82, 2.24) is 4.98 Å². The van der Waals surface area contributed by atoms with Gasteiger partial charge >= 0.3 is 0 Å². The zero-order chi connectivity index (χ0) is 13.0. The van der Waals surface area contributed by atoms with Gasteiger partial charge in [-0.15, -0.1) is 0 Å². The molecule has 1 aromatic heterocycles. The average molecular weight is 243 g/mol. The molecule has 0 fully saturated rings.